The number of hydrogen-bond acceptors (Lipinski definition) is 4. The van der Waals surface area contributed by atoms with Crippen LogP contribution >= 0.6 is 11.6 Å². The summed E-state index contributed by atoms with van der Waals surface area (Å²) in [5, 5.41) is 2.50. The SMILES string of the molecule is CC(=O)N1CCN(C(=O)c2ccc(/C=C/c3ccc(Cl)c4c3C(=O)NC4=O)cc2)CC1. The van der Waals surface area contributed by atoms with E-state index in [-0.39, 0.29) is 28.0 Å². The molecule has 0 aromatic heterocycles. The number of piperazine rings is 1. The molecule has 2 aliphatic rings. The van der Waals surface area contributed by atoms with Crippen LogP contribution in [-0.4, -0.2) is 59.6 Å². The smallest absolute Gasteiger partial charge is 0.260 e. The van der Waals surface area contributed by atoms with E-state index in [1.54, 1.807) is 46.2 Å². The fourth-order valence-corrected chi connectivity index (χ4v) is 4.00. The lowest BCUT2D eigenvalue weighted by molar-refractivity contribution is -0.130. The maximum Gasteiger partial charge on any atom is 0.260 e. The van der Waals surface area contributed by atoms with Crippen molar-refractivity contribution in [1.82, 2.24) is 15.1 Å². The van der Waals surface area contributed by atoms with Crippen LogP contribution in [0.3, 0.4) is 0 Å². The third-order valence-electron chi connectivity index (χ3n) is 5.49. The summed E-state index contributed by atoms with van der Waals surface area (Å²) in [4.78, 5) is 51.6. The monoisotopic (exact) mass is 437 g/mol. The Kier molecular flexibility index (Phi) is 5.61. The molecule has 31 heavy (non-hydrogen) atoms. The molecule has 158 valence electrons. The summed E-state index contributed by atoms with van der Waals surface area (Å²) in [6, 6.07) is 10.4. The molecule has 4 amide bonds. The van der Waals surface area contributed by atoms with Gasteiger partial charge in [0, 0.05) is 38.7 Å². The molecule has 2 aromatic carbocycles. The zero-order chi connectivity index (χ0) is 22.1. The lowest BCUT2D eigenvalue weighted by Gasteiger charge is -2.34. The first-order valence-electron chi connectivity index (χ1n) is 9.86. The molecule has 1 N–H and O–H groups in total. The van der Waals surface area contributed by atoms with Crippen LogP contribution in [0.1, 0.15) is 49.1 Å². The van der Waals surface area contributed by atoms with Gasteiger partial charge in [-0.3, -0.25) is 24.5 Å². The van der Waals surface area contributed by atoms with Crippen LogP contribution in [0, 0.1) is 0 Å². The molecule has 0 saturated carbocycles. The normalized spacial score (nSPS) is 15.9. The summed E-state index contributed by atoms with van der Waals surface area (Å²) in [6.45, 7) is 3.66. The number of nitrogens with zero attached hydrogens (tertiary/aromatic N) is 2. The van der Waals surface area contributed by atoms with E-state index in [0.29, 0.717) is 37.3 Å². The highest BCUT2D eigenvalue weighted by Gasteiger charge is 2.31. The number of imide groups is 1. The summed E-state index contributed by atoms with van der Waals surface area (Å²) >= 11 is 6.06. The van der Waals surface area contributed by atoms with Crippen molar-refractivity contribution in [3.8, 4) is 0 Å². The number of benzene rings is 2. The topological polar surface area (TPSA) is 86.8 Å². The highest BCUT2D eigenvalue weighted by molar-refractivity contribution is 6.37. The second-order valence-electron chi connectivity index (χ2n) is 7.42. The van der Waals surface area contributed by atoms with Gasteiger partial charge in [0.05, 0.1) is 16.1 Å². The molecule has 0 radical (unpaired) electrons. The van der Waals surface area contributed by atoms with Gasteiger partial charge in [-0.15, -0.1) is 0 Å². The number of amides is 4. The number of carbonyl (C=O) groups is 4. The minimum absolute atomic E-state index is 0.0245. The highest BCUT2D eigenvalue weighted by Crippen LogP contribution is 2.28. The quantitative estimate of drug-likeness (QED) is 0.590. The van der Waals surface area contributed by atoms with Crippen LogP contribution in [0.25, 0.3) is 12.2 Å². The van der Waals surface area contributed by atoms with Gasteiger partial charge in [0.15, 0.2) is 0 Å². The zero-order valence-corrected chi connectivity index (χ0v) is 17.6. The summed E-state index contributed by atoms with van der Waals surface area (Å²) in [5.74, 6) is -0.999. The third kappa shape index (κ3) is 4.09. The third-order valence-corrected chi connectivity index (χ3v) is 5.81. The van der Waals surface area contributed by atoms with Gasteiger partial charge in [-0.2, -0.15) is 0 Å². The lowest BCUT2D eigenvalue weighted by atomic mass is 10.0. The molecule has 0 spiro atoms. The number of halogens is 1. The van der Waals surface area contributed by atoms with E-state index in [4.69, 9.17) is 11.6 Å². The van der Waals surface area contributed by atoms with E-state index in [9.17, 15) is 19.2 Å². The highest BCUT2D eigenvalue weighted by atomic mass is 35.5. The number of nitrogens with one attached hydrogen (secondary N) is 1. The Hall–Kier alpha value is -3.45. The maximum absolute atomic E-state index is 12.7. The molecule has 2 aliphatic heterocycles. The van der Waals surface area contributed by atoms with Crippen molar-refractivity contribution in [3.63, 3.8) is 0 Å². The average Bonchev–Trinajstić information content (AvgIpc) is 3.08. The summed E-state index contributed by atoms with van der Waals surface area (Å²) < 4.78 is 0. The lowest BCUT2D eigenvalue weighted by Crippen LogP contribution is -2.50. The summed E-state index contributed by atoms with van der Waals surface area (Å²) in [7, 11) is 0. The van der Waals surface area contributed by atoms with Gasteiger partial charge in [0.1, 0.15) is 0 Å². The fourth-order valence-electron chi connectivity index (χ4n) is 3.76. The summed E-state index contributed by atoms with van der Waals surface area (Å²) in [6.07, 6.45) is 3.55. The second kappa shape index (κ2) is 8.35. The van der Waals surface area contributed by atoms with Crippen molar-refractivity contribution in [3.05, 3.63) is 69.2 Å². The van der Waals surface area contributed by atoms with E-state index >= 15 is 0 Å². The number of fused-ring (bicyclic) bond motifs is 1. The van der Waals surface area contributed by atoms with Crippen molar-refractivity contribution in [2.45, 2.75) is 6.92 Å². The molecule has 4 rings (SSSR count). The van der Waals surface area contributed by atoms with Crippen molar-refractivity contribution < 1.29 is 19.2 Å². The molecule has 7 nitrogen and oxygen atoms in total. The van der Waals surface area contributed by atoms with Gasteiger partial charge in [-0.25, -0.2) is 0 Å². The Bertz CT molecular complexity index is 1120. The van der Waals surface area contributed by atoms with Crippen LogP contribution in [-0.2, 0) is 4.79 Å². The molecule has 1 fully saturated rings. The predicted octanol–water partition coefficient (Wildman–Crippen LogP) is 2.70. The molecule has 0 unspecified atom stereocenters. The molecule has 2 aromatic rings. The van der Waals surface area contributed by atoms with E-state index in [1.807, 2.05) is 12.1 Å². The van der Waals surface area contributed by atoms with Gasteiger partial charge < -0.3 is 9.80 Å². The zero-order valence-electron chi connectivity index (χ0n) is 16.9. The molecule has 2 heterocycles. The molecule has 0 atom stereocenters. The Morgan fingerprint density at radius 1 is 0.871 bits per heavy atom. The standard InChI is InChI=1S/C23H20ClN3O4/c1-14(28)26-10-12-27(13-11-26)23(31)17-6-3-15(4-7-17)2-5-16-8-9-18(24)20-19(16)21(29)25-22(20)30/h2-9H,10-13H2,1H3,(H,25,29,30)/b5-2+. The van der Waals surface area contributed by atoms with Crippen LogP contribution in [0.4, 0.5) is 0 Å². The van der Waals surface area contributed by atoms with Gasteiger partial charge in [0.2, 0.25) is 5.91 Å². The van der Waals surface area contributed by atoms with E-state index < -0.39 is 11.8 Å². The molecule has 0 bridgehead atoms. The minimum Gasteiger partial charge on any atom is -0.339 e. The minimum atomic E-state index is -0.493. The predicted molar refractivity (Wildman–Crippen MR) is 117 cm³/mol. The van der Waals surface area contributed by atoms with Crippen molar-refractivity contribution in [2.24, 2.45) is 0 Å². The second-order valence-corrected chi connectivity index (χ2v) is 7.83. The number of rotatable bonds is 3. The van der Waals surface area contributed by atoms with Crippen LogP contribution < -0.4 is 5.32 Å². The van der Waals surface area contributed by atoms with Crippen molar-refractivity contribution >= 4 is 47.4 Å². The van der Waals surface area contributed by atoms with Crippen LogP contribution in [0.15, 0.2) is 36.4 Å². The molecule has 1 saturated heterocycles. The average molecular weight is 438 g/mol. The fraction of sp³-hybridized carbons (Fsp3) is 0.217. The Morgan fingerprint density at radius 2 is 1.48 bits per heavy atom. The van der Waals surface area contributed by atoms with Crippen molar-refractivity contribution in [2.75, 3.05) is 26.2 Å². The molecule has 0 aliphatic carbocycles. The Labute approximate surface area is 184 Å². The molecular weight excluding hydrogens is 418 g/mol. The first kappa shape index (κ1) is 20.8. The van der Waals surface area contributed by atoms with E-state index in [0.717, 1.165) is 5.56 Å². The van der Waals surface area contributed by atoms with Gasteiger partial charge in [-0.1, -0.05) is 42.0 Å². The number of carbonyl (C=O) groups excluding carboxylic acids is 4. The van der Waals surface area contributed by atoms with Gasteiger partial charge in [0.25, 0.3) is 17.7 Å². The van der Waals surface area contributed by atoms with E-state index in [2.05, 4.69) is 5.32 Å². The first-order chi connectivity index (χ1) is 14.8. The Morgan fingerprint density at radius 3 is 2.13 bits per heavy atom. The summed E-state index contributed by atoms with van der Waals surface area (Å²) in [5.41, 5.74) is 2.47. The molecular formula is C23H20ClN3O4. The largest absolute Gasteiger partial charge is 0.339 e. The van der Waals surface area contributed by atoms with Crippen LogP contribution in [0.2, 0.25) is 5.02 Å². The Balaban J connectivity index is 1.47. The van der Waals surface area contributed by atoms with Crippen LogP contribution in [0.5, 0.6) is 0 Å². The maximum atomic E-state index is 12.7. The first-order valence-corrected chi connectivity index (χ1v) is 10.2. The van der Waals surface area contributed by atoms with Gasteiger partial charge in [-0.05, 0) is 29.3 Å². The number of hydrogen-bond donors (Lipinski definition) is 1. The molecule has 8 heteroatoms. The van der Waals surface area contributed by atoms with Crippen molar-refractivity contribution in [1.29, 1.82) is 0 Å². The van der Waals surface area contributed by atoms with E-state index in [1.165, 1.54) is 6.92 Å². The van der Waals surface area contributed by atoms with Gasteiger partial charge >= 0.3 is 0 Å².